The van der Waals surface area contributed by atoms with Gasteiger partial charge in [-0.05, 0) is 42.8 Å². The van der Waals surface area contributed by atoms with E-state index in [0.29, 0.717) is 13.2 Å². The maximum absolute atomic E-state index is 13.2. The fourth-order valence-corrected chi connectivity index (χ4v) is 2.92. The monoisotopic (exact) mass is 347 g/mol. The highest BCUT2D eigenvalue weighted by Crippen LogP contribution is 2.28. The third kappa shape index (κ3) is 2.81. The highest BCUT2D eigenvalue weighted by atomic mass is 79.9. The van der Waals surface area contributed by atoms with Crippen LogP contribution in [-0.4, -0.2) is 11.2 Å². The number of hydrogen-bond acceptors (Lipinski definition) is 1. The van der Waals surface area contributed by atoms with Crippen LogP contribution in [0, 0.1) is 5.82 Å². The van der Waals surface area contributed by atoms with Crippen molar-refractivity contribution in [1.29, 1.82) is 0 Å². The molecule has 1 aromatic heterocycles. The molecule has 0 amide bonds. The molecule has 0 saturated carbocycles. The minimum Gasteiger partial charge on any atom is -0.493 e. The predicted molar refractivity (Wildman–Crippen MR) is 86.3 cm³/mol. The fraction of sp³-hybridized carbons (Fsp3) is 0.176. The summed E-state index contributed by atoms with van der Waals surface area (Å²) in [6.45, 7) is 3.30. The molecule has 108 valence electrons. The first-order valence-corrected chi connectivity index (χ1v) is 7.63. The van der Waals surface area contributed by atoms with Gasteiger partial charge in [-0.15, -0.1) is 0 Å². The van der Waals surface area contributed by atoms with Crippen LogP contribution in [0.5, 0.6) is 5.75 Å². The van der Waals surface area contributed by atoms with E-state index in [0.717, 1.165) is 26.7 Å². The average Bonchev–Trinajstić information content (AvgIpc) is 2.87. The molecular formula is C17H15BrFNO. The number of rotatable bonds is 4. The Balaban J connectivity index is 1.99. The van der Waals surface area contributed by atoms with Crippen LogP contribution in [0.1, 0.15) is 12.5 Å². The van der Waals surface area contributed by atoms with Gasteiger partial charge in [-0.1, -0.05) is 28.1 Å². The van der Waals surface area contributed by atoms with E-state index in [4.69, 9.17) is 4.74 Å². The molecule has 0 aliphatic carbocycles. The molecule has 0 spiro atoms. The normalized spacial score (nSPS) is 11.0. The first kappa shape index (κ1) is 14.1. The zero-order valence-corrected chi connectivity index (χ0v) is 13.2. The van der Waals surface area contributed by atoms with Crippen molar-refractivity contribution in [3.8, 4) is 5.75 Å². The second kappa shape index (κ2) is 5.90. The number of nitrogens with zero attached hydrogens (tertiary/aromatic N) is 1. The van der Waals surface area contributed by atoms with E-state index in [1.807, 2.05) is 25.3 Å². The molecule has 4 heteroatoms. The van der Waals surface area contributed by atoms with Gasteiger partial charge in [0.2, 0.25) is 0 Å². The van der Waals surface area contributed by atoms with Crippen LogP contribution in [0.25, 0.3) is 10.9 Å². The summed E-state index contributed by atoms with van der Waals surface area (Å²) in [4.78, 5) is 0. The highest BCUT2D eigenvalue weighted by molar-refractivity contribution is 9.10. The largest absolute Gasteiger partial charge is 0.493 e. The number of halogens is 2. The molecule has 0 fully saturated rings. The van der Waals surface area contributed by atoms with Crippen molar-refractivity contribution in [3.63, 3.8) is 0 Å². The fourth-order valence-electron chi connectivity index (χ4n) is 2.45. The quantitative estimate of drug-likeness (QED) is 0.648. The molecule has 0 atom stereocenters. The van der Waals surface area contributed by atoms with E-state index in [2.05, 4.69) is 32.6 Å². The topological polar surface area (TPSA) is 14.2 Å². The van der Waals surface area contributed by atoms with Gasteiger partial charge in [0.25, 0.3) is 0 Å². The maximum Gasteiger partial charge on any atom is 0.128 e. The molecule has 2 nitrogen and oxygen atoms in total. The first-order chi connectivity index (χ1) is 10.2. The van der Waals surface area contributed by atoms with Gasteiger partial charge < -0.3 is 9.30 Å². The zero-order valence-electron chi connectivity index (χ0n) is 11.6. The van der Waals surface area contributed by atoms with Crippen LogP contribution in [0.15, 0.2) is 53.1 Å². The van der Waals surface area contributed by atoms with E-state index < -0.39 is 0 Å². The van der Waals surface area contributed by atoms with Crippen LogP contribution in [0.4, 0.5) is 4.39 Å². The average molecular weight is 348 g/mol. The molecule has 0 bridgehead atoms. The van der Waals surface area contributed by atoms with E-state index in [-0.39, 0.29) is 5.82 Å². The van der Waals surface area contributed by atoms with Crippen molar-refractivity contribution in [2.24, 2.45) is 0 Å². The Kier molecular flexibility index (Phi) is 3.97. The van der Waals surface area contributed by atoms with Crippen LogP contribution in [0.2, 0.25) is 0 Å². The molecule has 0 unspecified atom stereocenters. The smallest absolute Gasteiger partial charge is 0.128 e. The summed E-state index contributed by atoms with van der Waals surface area (Å²) in [5, 5.41) is 1.09. The molecule has 0 aliphatic heterocycles. The molecule has 2 aromatic carbocycles. The minimum absolute atomic E-state index is 0.235. The molecule has 0 radical (unpaired) electrons. The summed E-state index contributed by atoms with van der Waals surface area (Å²) in [6, 6.07) is 12.9. The van der Waals surface area contributed by atoms with E-state index in [1.165, 1.54) is 12.1 Å². The number of hydrogen-bond donors (Lipinski definition) is 0. The van der Waals surface area contributed by atoms with E-state index in [9.17, 15) is 4.39 Å². The predicted octanol–water partition coefficient (Wildman–Crippen LogP) is 4.99. The SMILES string of the molecule is CCOc1cccc2c1ccn2Cc1ccc(F)cc1Br. The van der Waals surface area contributed by atoms with Gasteiger partial charge in [-0.25, -0.2) is 4.39 Å². The van der Waals surface area contributed by atoms with Crippen LogP contribution >= 0.6 is 15.9 Å². The first-order valence-electron chi connectivity index (χ1n) is 6.83. The molecule has 3 rings (SSSR count). The van der Waals surface area contributed by atoms with Crippen molar-refractivity contribution < 1.29 is 9.13 Å². The van der Waals surface area contributed by atoms with Gasteiger partial charge in [-0.2, -0.15) is 0 Å². The van der Waals surface area contributed by atoms with Crippen molar-refractivity contribution >= 4 is 26.8 Å². The molecule has 0 saturated heterocycles. The van der Waals surface area contributed by atoms with Gasteiger partial charge >= 0.3 is 0 Å². The lowest BCUT2D eigenvalue weighted by atomic mass is 10.2. The molecule has 0 aliphatic rings. The number of aromatic nitrogens is 1. The van der Waals surface area contributed by atoms with Crippen molar-refractivity contribution in [3.05, 3.63) is 64.5 Å². The third-order valence-corrected chi connectivity index (χ3v) is 4.17. The standard InChI is InChI=1S/C17H15BrFNO/c1-2-21-17-5-3-4-16-14(17)8-9-20(16)11-12-6-7-13(19)10-15(12)18/h3-10H,2,11H2,1H3. The Morgan fingerprint density at radius 1 is 1.19 bits per heavy atom. The molecule has 1 heterocycles. The highest BCUT2D eigenvalue weighted by Gasteiger charge is 2.08. The summed E-state index contributed by atoms with van der Waals surface area (Å²) in [5.74, 6) is 0.661. The third-order valence-electron chi connectivity index (χ3n) is 3.43. The lowest BCUT2D eigenvalue weighted by Crippen LogP contribution is -1.99. The Morgan fingerprint density at radius 2 is 2.05 bits per heavy atom. The van der Waals surface area contributed by atoms with Gasteiger partial charge in [-0.3, -0.25) is 0 Å². The van der Waals surface area contributed by atoms with Crippen molar-refractivity contribution in [2.75, 3.05) is 6.61 Å². The van der Waals surface area contributed by atoms with Gasteiger partial charge in [0, 0.05) is 22.6 Å². The van der Waals surface area contributed by atoms with Crippen LogP contribution < -0.4 is 4.74 Å². The van der Waals surface area contributed by atoms with E-state index in [1.54, 1.807) is 6.07 Å². The zero-order chi connectivity index (χ0) is 14.8. The number of fused-ring (bicyclic) bond motifs is 1. The second-order valence-corrected chi connectivity index (χ2v) is 5.66. The molecular weight excluding hydrogens is 333 g/mol. The molecule has 0 N–H and O–H groups in total. The lowest BCUT2D eigenvalue weighted by Gasteiger charge is -2.09. The van der Waals surface area contributed by atoms with Gasteiger partial charge in [0.05, 0.1) is 12.1 Å². The van der Waals surface area contributed by atoms with Gasteiger partial charge in [0.15, 0.2) is 0 Å². The minimum atomic E-state index is -0.235. The Morgan fingerprint density at radius 3 is 2.81 bits per heavy atom. The Bertz CT molecular complexity index is 782. The number of benzene rings is 2. The lowest BCUT2D eigenvalue weighted by molar-refractivity contribution is 0.344. The summed E-state index contributed by atoms with van der Waals surface area (Å²) >= 11 is 3.42. The molecule has 21 heavy (non-hydrogen) atoms. The van der Waals surface area contributed by atoms with Crippen LogP contribution in [0.3, 0.4) is 0 Å². The van der Waals surface area contributed by atoms with Crippen molar-refractivity contribution in [2.45, 2.75) is 13.5 Å². The number of ether oxygens (including phenoxy) is 1. The van der Waals surface area contributed by atoms with Gasteiger partial charge in [0.1, 0.15) is 11.6 Å². The Labute approximate surface area is 131 Å². The summed E-state index contributed by atoms with van der Waals surface area (Å²) in [6.07, 6.45) is 2.03. The van der Waals surface area contributed by atoms with Crippen molar-refractivity contribution in [1.82, 2.24) is 4.57 Å². The second-order valence-electron chi connectivity index (χ2n) is 4.80. The maximum atomic E-state index is 13.2. The van der Waals surface area contributed by atoms with Crippen LogP contribution in [-0.2, 0) is 6.54 Å². The Hall–Kier alpha value is -1.81. The summed E-state index contributed by atoms with van der Waals surface area (Å²) in [7, 11) is 0. The summed E-state index contributed by atoms with van der Waals surface area (Å²) in [5.41, 5.74) is 2.15. The summed E-state index contributed by atoms with van der Waals surface area (Å²) < 4.78 is 21.7. The van der Waals surface area contributed by atoms with E-state index >= 15 is 0 Å². The molecule has 3 aromatic rings.